The van der Waals surface area contributed by atoms with E-state index in [9.17, 15) is 4.79 Å². The quantitative estimate of drug-likeness (QED) is 0.379. The summed E-state index contributed by atoms with van der Waals surface area (Å²) in [6.07, 6.45) is 3.99. The summed E-state index contributed by atoms with van der Waals surface area (Å²) in [6.45, 7) is 10.8. The summed E-state index contributed by atoms with van der Waals surface area (Å²) < 4.78 is 17.2. The maximum absolute atomic E-state index is 11.7. The van der Waals surface area contributed by atoms with Crippen LogP contribution in [0.25, 0.3) is 0 Å². The first-order valence-corrected chi connectivity index (χ1v) is 13.2. The predicted molar refractivity (Wildman–Crippen MR) is 151 cm³/mol. The zero-order chi connectivity index (χ0) is 26.9. The van der Waals surface area contributed by atoms with Crippen molar-refractivity contribution in [2.24, 2.45) is 0 Å². The first kappa shape index (κ1) is 26.6. The molecule has 2 N–H and O–H groups in total. The molecule has 1 aromatic heterocycles. The molecule has 0 aliphatic carbocycles. The Morgan fingerprint density at radius 1 is 1.00 bits per heavy atom. The summed E-state index contributed by atoms with van der Waals surface area (Å²) in [4.78, 5) is 25.6. The number of carbonyl (C=O) groups excluding carboxylic acids is 1. The molecule has 0 spiro atoms. The molecule has 1 amide bonds. The number of hydrogen-bond acceptors (Lipinski definition) is 9. The van der Waals surface area contributed by atoms with E-state index in [0.29, 0.717) is 49.6 Å². The first-order valence-electron chi connectivity index (χ1n) is 13.2. The SMILES string of the molecule is C=CC(=O)Nc1cccc(Oc2nc(Nc3ccc(CCN4CCOCC4)cc3)ncc2N2CCOCC2)c1. The van der Waals surface area contributed by atoms with E-state index < -0.39 is 0 Å². The minimum atomic E-state index is -0.290. The zero-order valence-electron chi connectivity index (χ0n) is 22.0. The third-order valence-corrected chi connectivity index (χ3v) is 6.62. The molecule has 0 radical (unpaired) electrons. The second-order valence-corrected chi connectivity index (χ2v) is 9.33. The largest absolute Gasteiger partial charge is 0.437 e. The third-order valence-electron chi connectivity index (χ3n) is 6.62. The molecule has 3 heterocycles. The van der Waals surface area contributed by atoms with Crippen molar-refractivity contribution in [3.05, 3.63) is 72.9 Å². The number of hydrogen-bond donors (Lipinski definition) is 2. The number of benzene rings is 2. The predicted octanol–water partition coefficient (Wildman–Crippen LogP) is 3.85. The molecule has 5 rings (SSSR count). The molecule has 2 aliphatic rings. The van der Waals surface area contributed by atoms with Crippen molar-refractivity contribution in [3.8, 4) is 11.6 Å². The molecule has 2 aromatic carbocycles. The summed E-state index contributed by atoms with van der Waals surface area (Å²) in [7, 11) is 0. The Morgan fingerprint density at radius 2 is 1.74 bits per heavy atom. The standard InChI is InChI=1S/C29H34N6O4/c1-2-27(36)31-24-4-3-5-25(20-24)39-28-26(35-14-18-38-19-15-35)21-30-29(33-28)32-23-8-6-22(7-9-23)10-11-34-12-16-37-17-13-34/h2-9,20-21H,1,10-19H2,(H,31,36)(H,30,32,33). The third kappa shape index (κ3) is 7.53. The number of amides is 1. The molecule has 3 aromatic rings. The van der Waals surface area contributed by atoms with Crippen LogP contribution in [0.15, 0.2) is 67.4 Å². The van der Waals surface area contributed by atoms with E-state index in [1.54, 1.807) is 18.3 Å². The fourth-order valence-electron chi connectivity index (χ4n) is 4.45. The van der Waals surface area contributed by atoms with Crippen molar-refractivity contribution in [2.75, 3.05) is 74.7 Å². The van der Waals surface area contributed by atoms with E-state index in [1.807, 2.05) is 24.3 Å². The molecule has 39 heavy (non-hydrogen) atoms. The lowest BCUT2D eigenvalue weighted by atomic mass is 10.1. The van der Waals surface area contributed by atoms with Crippen LogP contribution in [0, 0.1) is 0 Å². The highest BCUT2D eigenvalue weighted by atomic mass is 16.5. The highest BCUT2D eigenvalue weighted by Gasteiger charge is 2.19. The number of anilines is 4. The first-order chi connectivity index (χ1) is 19.2. The lowest BCUT2D eigenvalue weighted by molar-refractivity contribution is -0.111. The smallest absolute Gasteiger partial charge is 0.248 e. The van der Waals surface area contributed by atoms with Gasteiger partial charge in [-0.05, 0) is 42.3 Å². The molecule has 204 valence electrons. The van der Waals surface area contributed by atoms with E-state index in [1.165, 1.54) is 11.6 Å². The van der Waals surface area contributed by atoms with Crippen LogP contribution in [-0.4, -0.2) is 79.9 Å². The number of nitrogens with one attached hydrogen (secondary N) is 2. The van der Waals surface area contributed by atoms with E-state index >= 15 is 0 Å². The van der Waals surface area contributed by atoms with E-state index in [-0.39, 0.29) is 5.91 Å². The van der Waals surface area contributed by atoms with Gasteiger partial charge in [-0.25, -0.2) is 4.98 Å². The zero-order valence-corrected chi connectivity index (χ0v) is 22.0. The molecule has 10 nitrogen and oxygen atoms in total. The Hall–Kier alpha value is -3.99. The van der Waals surface area contributed by atoms with Crippen LogP contribution in [0.1, 0.15) is 5.56 Å². The molecular formula is C29H34N6O4. The van der Waals surface area contributed by atoms with Gasteiger partial charge in [-0.3, -0.25) is 9.69 Å². The monoisotopic (exact) mass is 530 g/mol. The number of nitrogens with zero attached hydrogens (tertiary/aromatic N) is 4. The Balaban J connectivity index is 1.30. The van der Waals surface area contributed by atoms with Crippen LogP contribution in [-0.2, 0) is 20.7 Å². The van der Waals surface area contributed by atoms with Gasteiger partial charge in [-0.2, -0.15) is 4.98 Å². The highest BCUT2D eigenvalue weighted by Crippen LogP contribution is 2.33. The van der Waals surface area contributed by atoms with E-state index in [0.717, 1.165) is 50.6 Å². The van der Waals surface area contributed by atoms with Crippen LogP contribution in [0.5, 0.6) is 11.6 Å². The minimum Gasteiger partial charge on any atom is -0.437 e. The molecule has 0 atom stereocenters. The van der Waals surface area contributed by atoms with Gasteiger partial charge in [-0.1, -0.05) is 24.8 Å². The van der Waals surface area contributed by atoms with Gasteiger partial charge in [-0.15, -0.1) is 0 Å². The van der Waals surface area contributed by atoms with Gasteiger partial charge in [0.2, 0.25) is 17.7 Å². The lowest BCUT2D eigenvalue weighted by Crippen LogP contribution is -2.37. The highest BCUT2D eigenvalue weighted by molar-refractivity contribution is 5.98. The summed E-state index contributed by atoms with van der Waals surface area (Å²) in [5.41, 5.74) is 3.56. The number of carbonyl (C=O) groups is 1. The maximum atomic E-state index is 11.7. The van der Waals surface area contributed by atoms with Crippen LogP contribution in [0.3, 0.4) is 0 Å². The van der Waals surface area contributed by atoms with Gasteiger partial charge < -0.3 is 29.7 Å². The van der Waals surface area contributed by atoms with Crippen molar-refractivity contribution in [3.63, 3.8) is 0 Å². The molecule has 2 saturated heterocycles. The average Bonchev–Trinajstić information content (AvgIpc) is 2.98. The van der Waals surface area contributed by atoms with Crippen LogP contribution >= 0.6 is 0 Å². The normalized spacial score (nSPS) is 15.9. The van der Waals surface area contributed by atoms with Gasteiger partial charge in [0, 0.05) is 50.2 Å². The molecule has 2 aliphatic heterocycles. The van der Waals surface area contributed by atoms with Crippen LogP contribution in [0.4, 0.5) is 23.0 Å². The fourth-order valence-corrected chi connectivity index (χ4v) is 4.45. The van der Waals surface area contributed by atoms with Crippen molar-refractivity contribution in [1.29, 1.82) is 0 Å². The van der Waals surface area contributed by atoms with Crippen molar-refractivity contribution in [1.82, 2.24) is 14.9 Å². The van der Waals surface area contributed by atoms with Gasteiger partial charge in [0.05, 0.1) is 32.6 Å². The molecule has 0 saturated carbocycles. The van der Waals surface area contributed by atoms with E-state index in [4.69, 9.17) is 19.2 Å². The Bertz CT molecular complexity index is 1260. The molecule has 10 heteroatoms. The number of ether oxygens (including phenoxy) is 3. The molecule has 0 bridgehead atoms. The Morgan fingerprint density at radius 3 is 2.49 bits per heavy atom. The van der Waals surface area contributed by atoms with Crippen molar-refractivity contribution in [2.45, 2.75) is 6.42 Å². The summed E-state index contributed by atoms with van der Waals surface area (Å²) in [5.74, 6) is 1.10. The van der Waals surface area contributed by atoms with Crippen LogP contribution < -0.4 is 20.3 Å². The number of morpholine rings is 2. The second-order valence-electron chi connectivity index (χ2n) is 9.33. The van der Waals surface area contributed by atoms with Gasteiger partial charge >= 0.3 is 0 Å². The van der Waals surface area contributed by atoms with Gasteiger partial charge in [0.15, 0.2) is 0 Å². The summed E-state index contributed by atoms with van der Waals surface area (Å²) in [6, 6.07) is 15.5. The number of aromatic nitrogens is 2. The number of rotatable bonds is 10. The molecular weight excluding hydrogens is 496 g/mol. The van der Waals surface area contributed by atoms with Crippen LogP contribution in [0.2, 0.25) is 0 Å². The maximum Gasteiger partial charge on any atom is 0.248 e. The van der Waals surface area contributed by atoms with Gasteiger partial charge in [0.25, 0.3) is 0 Å². The summed E-state index contributed by atoms with van der Waals surface area (Å²) in [5, 5.41) is 6.05. The fraction of sp³-hybridized carbons (Fsp3) is 0.345. The average molecular weight is 531 g/mol. The molecule has 0 unspecified atom stereocenters. The van der Waals surface area contributed by atoms with E-state index in [2.05, 4.69) is 44.1 Å². The molecule has 2 fully saturated rings. The topological polar surface area (TPSA) is 101 Å². The minimum absolute atomic E-state index is 0.290. The van der Waals surface area contributed by atoms with Gasteiger partial charge in [0.1, 0.15) is 11.4 Å². The Kier molecular flexibility index (Phi) is 9.00. The lowest BCUT2D eigenvalue weighted by Gasteiger charge is -2.29. The second kappa shape index (κ2) is 13.2. The van der Waals surface area contributed by atoms with Crippen molar-refractivity contribution >= 4 is 28.9 Å². The summed E-state index contributed by atoms with van der Waals surface area (Å²) >= 11 is 0. The Labute approximate surface area is 228 Å². The van der Waals surface area contributed by atoms with Crippen molar-refractivity contribution < 1.29 is 19.0 Å².